The molecule has 0 aliphatic carbocycles. The Kier molecular flexibility index (Phi) is 6.37. The molecule has 0 bridgehead atoms. The predicted molar refractivity (Wildman–Crippen MR) is 110 cm³/mol. The van der Waals surface area contributed by atoms with Gasteiger partial charge >= 0.3 is 0 Å². The molecule has 3 rings (SSSR count). The van der Waals surface area contributed by atoms with E-state index in [2.05, 4.69) is 23.8 Å². The summed E-state index contributed by atoms with van der Waals surface area (Å²) < 4.78 is 5.42. The Morgan fingerprint density at radius 2 is 1.89 bits per heavy atom. The van der Waals surface area contributed by atoms with Crippen molar-refractivity contribution in [2.45, 2.75) is 32.9 Å². The number of ether oxygens (including phenoxy) is 1. The van der Waals surface area contributed by atoms with E-state index in [1.807, 2.05) is 53.4 Å². The number of aromatic nitrogens is 2. The van der Waals surface area contributed by atoms with Crippen molar-refractivity contribution in [2.24, 2.45) is 0 Å². The summed E-state index contributed by atoms with van der Waals surface area (Å²) in [6.45, 7) is 4.71. The van der Waals surface area contributed by atoms with Gasteiger partial charge in [0.25, 0.3) is 5.91 Å². The Bertz CT molecular complexity index is 928. The second kappa shape index (κ2) is 9.13. The molecule has 1 unspecified atom stereocenters. The van der Waals surface area contributed by atoms with Crippen LogP contribution in [0.25, 0.3) is 11.3 Å². The molecule has 2 heterocycles. The van der Waals surface area contributed by atoms with Crippen LogP contribution in [0.2, 0.25) is 0 Å². The van der Waals surface area contributed by atoms with Crippen LogP contribution >= 0.6 is 0 Å². The van der Waals surface area contributed by atoms with Crippen molar-refractivity contribution in [2.75, 3.05) is 7.11 Å². The number of carbonyl (C=O) groups excluding carboxylic acids is 1. The molecule has 0 saturated heterocycles. The van der Waals surface area contributed by atoms with Crippen LogP contribution < -0.4 is 4.74 Å². The maximum atomic E-state index is 13.3. The van der Waals surface area contributed by atoms with E-state index in [4.69, 9.17) is 4.74 Å². The quantitative estimate of drug-likeness (QED) is 0.606. The summed E-state index contributed by atoms with van der Waals surface area (Å²) in [6, 6.07) is 15.3. The van der Waals surface area contributed by atoms with Crippen molar-refractivity contribution >= 4 is 5.91 Å². The monoisotopic (exact) mass is 375 g/mol. The number of carbonyl (C=O) groups is 1. The number of hydrogen-bond acceptors (Lipinski definition) is 4. The van der Waals surface area contributed by atoms with E-state index in [-0.39, 0.29) is 11.9 Å². The van der Waals surface area contributed by atoms with Crippen molar-refractivity contribution < 1.29 is 9.53 Å². The third-order valence-electron chi connectivity index (χ3n) is 4.86. The van der Waals surface area contributed by atoms with Crippen molar-refractivity contribution in [1.29, 1.82) is 0 Å². The van der Waals surface area contributed by atoms with Gasteiger partial charge < -0.3 is 9.64 Å². The highest BCUT2D eigenvalue weighted by molar-refractivity contribution is 5.95. The van der Waals surface area contributed by atoms with Gasteiger partial charge in [-0.2, -0.15) is 0 Å². The molecule has 0 spiro atoms. The van der Waals surface area contributed by atoms with Gasteiger partial charge in [-0.05, 0) is 55.3 Å². The summed E-state index contributed by atoms with van der Waals surface area (Å²) in [5.74, 6) is 0.686. The van der Waals surface area contributed by atoms with E-state index >= 15 is 0 Å². The summed E-state index contributed by atoms with van der Waals surface area (Å²) >= 11 is 0. The Morgan fingerprint density at radius 3 is 2.61 bits per heavy atom. The molecule has 0 fully saturated rings. The first-order chi connectivity index (χ1) is 13.6. The molecule has 5 heteroatoms. The molecular weight excluding hydrogens is 350 g/mol. The van der Waals surface area contributed by atoms with Gasteiger partial charge in [0.2, 0.25) is 0 Å². The van der Waals surface area contributed by atoms with Crippen LogP contribution in [0, 0.1) is 0 Å². The van der Waals surface area contributed by atoms with E-state index in [1.54, 1.807) is 25.7 Å². The maximum Gasteiger partial charge on any atom is 0.254 e. The molecule has 0 saturated carbocycles. The van der Waals surface area contributed by atoms with Crippen molar-refractivity contribution in [1.82, 2.24) is 14.9 Å². The minimum atomic E-state index is 0.00269. The lowest BCUT2D eigenvalue weighted by molar-refractivity contribution is 0.0671. The lowest BCUT2D eigenvalue weighted by atomic mass is 10.0. The molecule has 0 aliphatic rings. The molecule has 3 aromatic rings. The average molecular weight is 375 g/mol. The second-order valence-corrected chi connectivity index (χ2v) is 6.68. The molecule has 1 atom stereocenters. The fourth-order valence-electron chi connectivity index (χ4n) is 3.07. The number of methoxy groups -OCH3 is 1. The molecule has 2 aromatic heterocycles. The van der Waals surface area contributed by atoms with Crippen LogP contribution in [0.15, 0.2) is 67.1 Å². The fraction of sp³-hybridized carbons (Fsp3) is 0.261. The first-order valence-electron chi connectivity index (χ1n) is 9.43. The van der Waals surface area contributed by atoms with Crippen LogP contribution in [0.5, 0.6) is 5.75 Å². The highest BCUT2D eigenvalue weighted by Crippen LogP contribution is 2.28. The summed E-state index contributed by atoms with van der Waals surface area (Å²) in [5, 5.41) is 0. The minimum Gasteiger partial charge on any atom is -0.494 e. The summed E-state index contributed by atoms with van der Waals surface area (Å²) in [5.41, 5.74) is 3.28. The van der Waals surface area contributed by atoms with E-state index in [0.29, 0.717) is 17.9 Å². The van der Waals surface area contributed by atoms with Crippen LogP contribution in [-0.4, -0.2) is 33.9 Å². The number of amides is 1. The number of nitrogens with zero attached hydrogens (tertiary/aromatic N) is 3. The Morgan fingerprint density at radius 1 is 1.11 bits per heavy atom. The number of rotatable bonds is 7. The SMILES string of the molecule is CCC(C)N(Cc1ccncc1)C(=O)c1cccc(-c2ncccc2OC)c1. The lowest BCUT2D eigenvalue weighted by Gasteiger charge is -2.29. The van der Waals surface area contributed by atoms with E-state index < -0.39 is 0 Å². The zero-order chi connectivity index (χ0) is 19.9. The van der Waals surface area contributed by atoms with Gasteiger partial charge in [0, 0.05) is 42.3 Å². The number of benzene rings is 1. The van der Waals surface area contributed by atoms with Gasteiger partial charge in [0.05, 0.1) is 7.11 Å². The van der Waals surface area contributed by atoms with E-state index in [0.717, 1.165) is 23.2 Å². The first-order valence-corrected chi connectivity index (χ1v) is 9.43. The first kappa shape index (κ1) is 19.5. The smallest absolute Gasteiger partial charge is 0.254 e. The highest BCUT2D eigenvalue weighted by atomic mass is 16.5. The largest absolute Gasteiger partial charge is 0.494 e. The molecule has 0 N–H and O–H groups in total. The Balaban J connectivity index is 1.93. The van der Waals surface area contributed by atoms with E-state index in [9.17, 15) is 4.79 Å². The highest BCUT2D eigenvalue weighted by Gasteiger charge is 2.21. The second-order valence-electron chi connectivity index (χ2n) is 6.68. The predicted octanol–water partition coefficient (Wildman–Crippen LogP) is 4.59. The standard InChI is InChI=1S/C23H25N3O2/c1-4-17(2)26(16-18-10-13-24-14-11-18)23(27)20-8-5-7-19(15-20)22-21(28-3)9-6-12-25-22/h5-15,17H,4,16H2,1-3H3. The minimum absolute atomic E-state index is 0.00269. The van der Waals surface area contributed by atoms with Crippen molar-refractivity contribution in [3.63, 3.8) is 0 Å². The van der Waals surface area contributed by atoms with E-state index in [1.165, 1.54) is 0 Å². The van der Waals surface area contributed by atoms with Gasteiger partial charge in [-0.15, -0.1) is 0 Å². The van der Waals surface area contributed by atoms with Crippen molar-refractivity contribution in [3.05, 3.63) is 78.2 Å². The molecule has 5 nitrogen and oxygen atoms in total. The van der Waals surface area contributed by atoms with Crippen molar-refractivity contribution in [3.8, 4) is 17.0 Å². The molecule has 0 radical (unpaired) electrons. The molecule has 1 amide bonds. The maximum absolute atomic E-state index is 13.3. The zero-order valence-corrected chi connectivity index (χ0v) is 16.5. The molecular formula is C23H25N3O2. The van der Waals surface area contributed by atoms with Gasteiger partial charge in [-0.3, -0.25) is 14.8 Å². The van der Waals surface area contributed by atoms with Gasteiger partial charge in [-0.1, -0.05) is 19.1 Å². The van der Waals surface area contributed by atoms with Gasteiger partial charge in [0.1, 0.15) is 11.4 Å². The van der Waals surface area contributed by atoms with Crippen LogP contribution in [0.4, 0.5) is 0 Å². The summed E-state index contributed by atoms with van der Waals surface area (Å²) in [7, 11) is 1.62. The molecule has 0 aliphatic heterocycles. The summed E-state index contributed by atoms with van der Waals surface area (Å²) in [4.78, 5) is 23.7. The summed E-state index contributed by atoms with van der Waals surface area (Å²) in [6.07, 6.45) is 6.11. The molecule has 28 heavy (non-hydrogen) atoms. The molecule has 144 valence electrons. The van der Waals surface area contributed by atoms with Gasteiger partial charge in [0.15, 0.2) is 0 Å². The third kappa shape index (κ3) is 4.36. The van der Waals surface area contributed by atoms with Gasteiger partial charge in [-0.25, -0.2) is 0 Å². The molecule has 1 aromatic carbocycles. The number of hydrogen-bond donors (Lipinski definition) is 0. The number of pyridine rings is 2. The normalized spacial score (nSPS) is 11.7. The Hall–Kier alpha value is -3.21. The third-order valence-corrected chi connectivity index (χ3v) is 4.86. The van der Waals surface area contributed by atoms with Crippen LogP contribution in [-0.2, 0) is 6.54 Å². The zero-order valence-electron chi connectivity index (χ0n) is 16.5. The van der Waals surface area contributed by atoms with Crippen LogP contribution in [0.1, 0.15) is 36.2 Å². The Labute approximate surface area is 166 Å². The topological polar surface area (TPSA) is 55.3 Å². The van der Waals surface area contributed by atoms with Crippen LogP contribution in [0.3, 0.4) is 0 Å². The lowest BCUT2D eigenvalue weighted by Crippen LogP contribution is -2.37. The fourth-order valence-corrected chi connectivity index (χ4v) is 3.07. The average Bonchev–Trinajstić information content (AvgIpc) is 2.77.